The molecule has 1 atom stereocenters. The van der Waals surface area contributed by atoms with Crippen molar-refractivity contribution in [2.45, 2.75) is 58.0 Å². The molecule has 2 aromatic carbocycles. The average Bonchev–Trinajstić information content (AvgIpc) is 3.47. The number of aromatic nitrogens is 4. The first-order valence-corrected chi connectivity index (χ1v) is 12.9. The maximum atomic E-state index is 13.2. The number of rotatable bonds is 7. The maximum Gasteiger partial charge on any atom is 0.416 e. The normalized spacial score (nSPS) is 16.2. The van der Waals surface area contributed by atoms with Gasteiger partial charge in [0, 0.05) is 31.2 Å². The largest absolute Gasteiger partial charge is 0.475 e. The summed E-state index contributed by atoms with van der Waals surface area (Å²) >= 11 is 0. The molecule has 2 aliphatic rings. The van der Waals surface area contributed by atoms with Gasteiger partial charge in [-0.3, -0.25) is 0 Å². The van der Waals surface area contributed by atoms with E-state index in [4.69, 9.17) is 4.98 Å². The third-order valence-electron chi connectivity index (χ3n) is 7.77. The van der Waals surface area contributed by atoms with Crippen molar-refractivity contribution in [2.24, 2.45) is 5.92 Å². The number of hydrogen-bond acceptors (Lipinski definition) is 6. The number of imidazole rings is 1. The highest BCUT2D eigenvalue weighted by molar-refractivity contribution is 5.92. The molecule has 3 N–H and O–H groups in total. The second-order valence-corrected chi connectivity index (χ2v) is 10.3. The molecule has 0 amide bonds. The monoisotopic (exact) mass is 536 g/mol. The van der Waals surface area contributed by atoms with E-state index in [2.05, 4.69) is 20.6 Å². The molecule has 1 saturated carbocycles. The van der Waals surface area contributed by atoms with Crippen molar-refractivity contribution in [3.8, 4) is 11.4 Å². The lowest BCUT2D eigenvalue weighted by molar-refractivity contribution is -0.137. The van der Waals surface area contributed by atoms with Gasteiger partial charge in [-0.2, -0.15) is 13.2 Å². The number of carboxylic acid groups (broad SMARTS) is 1. The molecule has 8 nitrogen and oxygen atoms in total. The summed E-state index contributed by atoms with van der Waals surface area (Å²) in [5, 5.41) is 16.5. The van der Waals surface area contributed by atoms with Crippen LogP contribution in [-0.4, -0.2) is 36.6 Å². The van der Waals surface area contributed by atoms with Gasteiger partial charge in [-0.05, 0) is 54.5 Å². The summed E-state index contributed by atoms with van der Waals surface area (Å²) in [5.74, 6) is -0.274. The number of carboxylic acids is 1. The first-order chi connectivity index (χ1) is 18.7. The van der Waals surface area contributed by atoms with Gasteiger partial charge >= 0.3 is 12.1 Å². The molecule has 11 heteroatoms. The van der Waals surface area contributed by atoms with E-state index in [1.54, 1.807) is 0 Å². The van der Waals surface area contributed by atoms with E-state index in [1.807, 2.05) is 29.7 Å². The Kier molecular flexibility index (Phi) is 6.25. The third-order valence-corrected chi connectivity index (χ3v) is 7.77. The molecular weight excluding hydrogens is 509 g/mol. The molecule has 1 aliphatic carbocycles. The standard InChI is InChI=1S/C28H27F3N6O2/c1-15(17-4-2-5-17)33-23-22-24(35-25(34-23)27(38)39)36-26(20-7-3-6-18-12-32-13-21(18)20)37(22)14-16-8-10-19(11-9-16)28(29,30)31/h3,6-11,15,17,32H,2,4-5,12-14H2,1H3,(H,38,39)(H,33,34,35)/t15-/m1/s1. The van der Waals surface area contributed by atoms with Crippen LogP contribution in [0.1, 0.15) is 59.1 Å². The summed E-state index contributed by atoms with van der Waals surface area (Å²) in [7, 11) is 0. The number of carbonyl (C=O) groups is 1. The molecule has 1 aliphatic heterocycles. The molecule has 0 spiro atoms. The van der Waals surface area contributed by atoms with Crippen molar-refractivity contribution < 1.29 is 23.1 Å². The van der Waals surface area contributed by atoms with Crippen LogP contribution in [0.4, 0.5) is 19.0 Å². The van der Waals surface area contributed by atoms with Gasteiger partial charge in [-0.25, -0.2) is 19.7 Å². The minimum atomic E-state index is -4.43. The van der Waals surface area contributed by atoms with Crippen LogP contribution in [0.5, 0.6) is 0 Å². The quantitative estimate of drug-likeness (QED) is 0.288. The summed E-state index contributed by atoms with van der Waals surface area (Å²) in [6, 6.07) is 11.0. The molecule has 0 saturated heterocycles. The van der Waals surface area contributed by atoms with Crippen molar-refractivity contribution in [3.63, 3.8) is 0 Å². The Morgan fingerprint density at radius 1 is 1.13 bits per heavy atom. The summed E-state index contributed by atoms with van der Waals surface area (Å²) in [5.41, 5.74) is 3.72. The minimum Gasteiger partial charge on any atom is -0.475 e. The Bertz CT molecular complexity index is 1560. The molecule has 1 fully saturated rings. The van der Waals surface area contributed by atoms with E-state index in [0.29, 0.717) is 35.2 Å². The van der Waals surface area contributed by atoms with Crippen LogP contribution >= 0.6 is 0 Å². The van der Waals surface area contributed by atoms with Crippen molar-refractivity contribution in [1.29, 1.82) is 0 Å². The smallest absolute Gasteiger partial charge is 0.416 e. The van der Waals surface area contributed by atoms with Crippen LogP contribution in [0.25, 0.3) is 22.6 Å². The van der Waals surface area contributed by atoms with E-state index < -0.39 is 17.7 Å². The van der Waals surface area contributed by atoms with Crippen molar-refractivity contribution in [2.75, 3.05) is 5.32 Å². The number of fused-ring (bicyclic) bond motifs is 2. The molecule has 6 rings (SSSR count). The zero-order valence-electron chi connectivity index (χ0n) is 21.2. The SMILES string of the molecule is C[C@@H](Nc1nc(C(=O)O)nc2nc(-c3cccc4c3CNC4)n(Cc3ccc(C(F)(F)F)cc3)c12)C1CCC1. The van der Waals surface area contributed by atoms with E-state index in [9.17, 15) is 23.1 Å². The number of aromatic carboxylic acids is 1. The van der Waals surface area contributed by atoms with Crippen LogP contribution in [-0.2, 0) is 25.8 Å². The number of hydrogen-bond donors (Lipinski definition) is 3. The van der Waals surface area contributed by atoms with Crippen LogP contribution in [0.2, 0.25) is 0 Å². The number of halogens is 3. The lowest BCUT2D eigenvalue weighted by Crippen LogP contribution is -2.31. The zero-order chi connectivity index (χ0) is 27.3. The Morgan fingerprint density at radius 2 is 1.90 bits per heavy atom. The summed E-state index contributed by atoms with van der Waals surface area (Å²) < 4.78 is 41.5. The fourth-order valence-corrected chi connectivity index (χ4v) is 5.39. The van der Waals surface area contributed by atoms with Gasteiger partial charge < -0.3 is 20.3 Å². The van der Waals surface area contributed by atoms with Gasteiger partial charge in [0.25, 0.3) is 0 Å². The zero-order valence-corrected chi connectivity index (χ0v) is 21.2. The van der Waals surface area contributed by atoms with Crippen LogP contribution in [0.3, 0.4) is 0 Å². The highest BCUT2D eigenvalue weighted by Crippen LogP contribution is 2.36. The Morgan fingerprint density at radius 3 is 2.56 bits per heavy atom. The molecule has 0 radical (unpaired) electrons. The predicted molar refractivity (Wildman–Crippen MR) is 139 cm³/mol. The number of benzene rings is 2. The van der Waals surface area contributed by atoms with Crippen LogP contribution < -0.4 is 10.6 Å². The molecule has 0 bridgehead atoms. The highest BCUT2D eigenvalue weighted by Gasteiger charge is 2.31. The Balaban J connectivity index is 1.54. The number of anilines is 1. The van der Waals surface area contributed by atoms with Gasteiger partial charge in [0.05, 0.1) is 5.56 Å². The van der Waals surface area contributed by atoms with Gasteiger partial charge in [0.2, 0.25) is 5.82 Å². The first-order valence-electron chi connectivity index (χ1n) is 12.9. The van der Waals surface area contributed by atoms with E-state index in [0.717, 1.165) is 54.6 Å². The van der Waals surface area contributed by atoms with E-state index >= 15 is 0 Å². The summed E-state index contributed by atoms with van der Waals surface area (Å²) in [4.78, 5) is 25.3. The highest BCUT2D eigenvalue weighted by atomic mass is 19.4. The molecular formula is C28H27F3N6O2. The number of alkyl halides is 3. The van der Waals surface area contributed by atoms with Gasteiger partial charge in [0.1, 0.15) is 11.3 Å². The molecule has 202 valence electrons. The number of nitrogens with zero attached hydrogens (tertiary/aromatic N) is 4. The van der Waals surface area contributed by atoms with Gasteiger partial charge in [0.15, 0.2) is 11.5 Å². The molecule has 3 heterocycles. The minimum absolute atomic E-state index is 0.0431. The van der Waals surface area contributed by atoms with Crippen LogP contribution in [0, 0.1) is 5.92 Å². The third kappa shape index (κ3) is 4.71. The second-order valence-electron chi connectivity index (χ2n) is 10.3. The first kappa shape index (κ1) is 25.3. The average molecular weight is 537 g/mol. The molecule has 2 aromatic heterocycles. The summed E-state index contributed by atoms with van der Waals surface area (Å²) in [6.45, 7) is 3.61. The van der Waals surface area contributed by atoms with Crippen molar-refractivity contribution in [3.05, 3.63) is 70.5 Å². The van der Waals surface area contributed by atoms with Crippen LogP contribution in [0.15, 0.2) is 42.5 Å². The van der Waals surface area contributed by atoms with E-state index in [1.165, 1.54) is 12.1 Å². The fraction of sp³-hybridized carbons (Fsp3) is 0.357. The maximum absolute atomic E-state index is 13.2. The molecule has 39 heavy (non-hydrogen) atoms. The van der Waals surface area contributed by atoms with Crippen molar-refractivity contribution >= 4 is 23.0 Å². The Labute approximate surface area is 222 Å². The topological polar surface area (TPSA) is 105 Å². The number of nitrogens with one attached hydrogen (secondary N) is 2. The Hall–Kier alpha value is -3.99. The lowest BCUT2D eigenvalue weighted by Gasteiger charge is -2.32. The predicted octanol–water partition coefficient (Wildman–Crippen LogP) is 5.46. The second kappa shape index (κ2) is 9.64. The molecule has 0 unspecified atom stereocenters. The summed E-state index contributed by atoms with van der Waals surface area (Å²) in [6.07, 6.45) is -1.13. The van der Waals surface area contributed by atoms with E-state index in [-0.39, 0.29) is 24.1 Å². The van der Waals surface area contributed by atoms with Gasteiger partial charge in [-0.1, -0.05) is 36.8 Å². The molecule has 4 aromatic rings. The van der Waals surface area contributed by atoms with Crippen molar-refractivity contribution in [1.82, 2.24) is 24.8 Å². The lowest BCUT2D eigenvalue weighted by atomic mass is 9.80. The fourth-order valence-electron chi connectivity index (χ4n) is 5.39. The van der Waals surface area contributed by atoms with Gasteiger partial charge in [-0.15, -0.1) is 0 Å².